The van der Waals surface area contributed by atoms with E-state index in [2.05, 4.69) is 15.1 Å². The Hall–Kier alpha value is -2.81. The number of ether oxygens (including phenoxy) is 2. The van der Waals surface area contributed by atoms with Gasteiger partial charge < -0.3 is 14.4 Å². The molecule has 0 aromatic heterocycles. The standard InChI is InChI=1S/C22H30N4O5/c1-14-9-15(26-6-5-18(27)23-21(26)29)10-17-20(14)25-8-7-24(11-16(25)13-30-17)12-19(28)31-22(2,3)4/h9-10,16H,5-8,11-13H2,1-4H3,(H,23,27,29)/t16-/m0/s1. The van der Waals surface area contributed by atoms with Crippen molar-refractivity contribution >= 4 is 29.3 Å². The summed E-state index contributed by atoms with van der Waals surface area (Å²) in [5.74, 6) is 0.285. The maximum Gasteiger partial charge on any atom is 0.328 e. The van der Waals surface area contributed by atoms with Gasteiger partial charge in [0.15, 0.2) is 0 Å². The highest BCUT2D eigenvalue weighted by atomic mass is 16.6. The highest BCUT2D eigenvalue weighted by molar-refractivity contribution is 6.05. The minimum atomic E-state index is -0.487. The molecule has 0 aliphatic carbocycles. The van der Waals surface area contributed by atoms with Crippen molar-refractivity contribution in [1.29, 1.82) is 0 Å². The van der Waals surface area contributed by atoms with Crippen LogP contribution in [0.1, 0.15) is 32.8 Å². The summed E-state index contributed by atoms with van der Waals surface area (Å²) in [6, 6.07) is 3.58. The molecule has 0 radical (unpaired) electrons. The molecule has 2 fully saturated rings. The third kappa shape index (κ3) is 4.61. The summed E-state index contributed by atoms with van der Waals surface area (Å²) in [6.45, 7) is 11.0. The van der Waals surface area contributed by atoms with Crippen LogP contribution in [0.15, 0.2) is 12.1 Å². The molecule has 1 aromatic carbocycles. The van der Waals surface area contributed by atoms with Crippen LogP contribution in [-0.4, -0.2) is 73.8 Å². The summed E-state index contributed by atoms with van der Waals surface area (Å²) >= 11 is 0. The number of hydrogen-bond acceptors (Lipinski definition) is 7. The average Bonchev–Trinajstić information content (AvgIpc) is 2.65. The summed E-state index contributed by atoms with van der Waals surface area (Å²) in [6.07, 6.45) is 0.282. The van der Waals surface area contributed by atoms with Gasteiger partial charge in [-0.05, 0) is 39.3 Å². The van der Waals surface area contributed by atoms with E-state index in [1.807, 2.05) is 39.8 Å². The molecule has 3 aliphatic rings. The fourth-order valence-corrected chi connectivity index (χ4v) is 4.42. The number of aryl methyl sites for hydroxylation is 1. The normalized spacial score (nSPS) is 21.7. The SMILES string of the molecule is Cc1cc(N2CCC(=O)NC2=O)cc2c1N1CCN(CC(=O)OC(C)(C)C)C[C@H]1CO2. The molecule has 2 saturated heterocycles. The molecule has 3 aliphatic heterocycles. The summed E-state index contributed by atoms with van der Waals surface area (Å²) in [5, 5.41) is 2.36. The second-order valence-electron chi connectivity index (χ2n) is 9.34. The topological polar surface area (TPSA) is 91.4 Å². The van der Waals surface area contributed by atoms with E-state index in [-0.39, 0.29) is 30.9 Å². The van der Waals surface area contributed by atoms with Gasteiger partial charge in [0.25, 0.3) is 0 Å². The van der Waals surface area contributed by atoms with E-state index in [0.29, 0.717) is 13.2 Å². The van der Waals surface area contributed by atoms with Crippen LogP contribution in [0.5, 0.6) is 5.75 Å². The summed E-state index contributed by atoms with van der Waals surface area (Å²) in [5.41, 5.74) is 2.29. The molecular formula is C22H30N4O5. The molecule has 3 amide bonds. The maximum absolute atomic E-state index is 12.2. The summed E-state index contributed by atoms with van der Waals surface area (Å²) < 4.78 is 11.5. The zero-order valence-corrected chi connectivity index (χ0v) is 18.6. The Bertz CT molecular complexity index is 910. The third-order valence-corrected chi connectivity index (χ3v) is 5.67. The van der Waals surface area contributed by atoms with Crippen LogP contribution >= 0.6 is 0 Å². The first-order chi connectivity index (χ1) is 14.6. The lowest BCUT2D eigenvalue weighted by Gasteiger charge is -2.46. The molecule has 31 heavy (non-hydrogen) atoms. The number of piperazine rings is 1. The first-order valence-electron chi connectivity index (χ1n) is 10.7. The quantitative estimate of drug-likeness (QED) is 0.730. The number of nitrogens with one attached hydrogen (secondary N) is 1. The average molecular weight is 431 g/mol. The lowest BCUT2D eigenvalue weighted by Crippen LogP contribution is -2.58. The first-order valence-corrected chi connectivity index (χ1v) is 10.7. The number of urea groups is 1. The number of rotatable bonds is 3. The minimum Gasteiger partial charge on any atom is -0.489 e. The largest absolute Gasteiger partial charge is 0.489 e. The molecule has 1 aromatic rings. The van der Waals surface area contributed by atoms with Gasteiger partial charge in [-0.15, -0.1) is 0 Å². The number of imide groups is 1. The molecular weight excluding hydrogens is 400 g/mol. The van der Waals surface area contributed by atoms with Gasteiger partial charge in [0.2, 0.25) is 5.91 Å². The van der Waals surface area contributed by atoms with Crippen LogP contribution in [0.25, 0.3) is 0 Å². The van der Waals surface area contributed by atoms with Crippen LogP contribution in [0, 0.1) is 6.92 Å². The van der Waals surface area contributed by atoms with Gasteiger partial charge in [-0.3, -0.25) is 24.7 Å². The fourth-order valence-electron chi connectivity index (χ4n) is 4.42. The highest BCUT2D eigenvalue weighted by Gasteiger charge is 2.36. The number of hydrogen-bond donors (Lipinski definition) is 1. The van der Waals surface area contributed by atoms with Crippen molar-refractivity contribution in [2.45, 2.75) is 45.8 Å². The number of anilines is 2. The van der Waals surface area contributed by atoms with Crippen molar-refractivity contribution in [1.82, 2.24) is 10.2 Å². The van der Waals surface area contributed by atoms with Crippen molar-refractivity contribution in [3.05, 3.63) is 17.7 Å². The lowest BCUT2D eigenvalue weighted by molar-refractivity contribution is -0.156. The number of carbonyl (C=O) groups is 3. The van der Waals surface area contributed by atoms with Gasteiger partial charge in [-0.2, -0.15) is 0 Å². The van der Waals surface area contributed by atoms with Crippen LogP contribution in [-0.2, 0) is 14.3 Å². The van der Waals surface area contributed by atoms with E-state index in [4.69, 9.17) is 9.47 Å². The monoisotopic (exact) mass is 430 g/mol. The zero-order chi connectivity index (χ0) is 22.3. The number of carbonyl (C=O) groups excluding carboxylic acids is 3. The van der Waals surface area contributed by atoms with Crippen LogP contribution in [0.3, 0.4) is 0 Å². The molecule has 0 bridgehead atoms. The van der Waals surface area contributed by atoms with Crippen molar-refractivity contribution < 1.29 is 23.9 Å². The van der Waals surface area contributed by atoms with E-state index in [0.717, 1.165) is 42.3 Å². The Morgan fingerprint density at radius 3 is 2.71 bits per heavy atom. The van der Waals surface area contributed by atoms with E-state index >= 15 is 0 Å². The molecule has 3 heterocycles. The molecule has 0 unspecified atom stereocenters. The predicted molar refractivity (Wildman–Crippen MR) is 116 cm³/mol. The Morgan fingerprint density at radius 2 is 2.00 bits per heavy atom. The smallest absolute Gasteiger partial charge is 0.328 e. The van der Waals surface area contributed by atoms with E-state index in [9.17, 15) is 14.4 Å². The van der Waals surface area contributed by atoms with Gasteiger partial charge in [0, 0.05) is 44.4 Å². The van der Waals surface area contributed by atoms with E-state index in [1.54, 1.807) is 4.90 Å². The van der Waals surface area contributed by atoms with Crippen LogP contribution in [0.2, 0.25) is 0 Å². The molecule has 4 rings (SSSR count). The Kier molecular flexibility index (Phi) is 5.55. The van der Waals surface area contributed by atoms with Crippen molar-refractivity contribution in [2.75, 3.05) is 49.1 Å². The first kappa shape index (κ1) is 21.4. The number of nitrogens with zero attached hydrogens (tertiary/aromatic N) is 3. The Morgan fingerprint density at radius 1 is 1.23 bits per heavy atom. The summed E-state index contributed by atoms with van der Waals surface area (Å²) in [7, 11) is 0. The van der Waals surface area contributed by atoms with Crippen LogP contribution in [0.4, 0.5) is 16.2 Å². The molecule has 1 atom stereocenters. The van der Waals surface area contributed by atoms with Gasteiger partial charge in [0.1, 0.15) is 18.0 Å². The highest BCUT2D eigenvalue weighted by Crippen LogP contribution is 2.41. The molecule has 0 spiro atoms. The van der Waals surface area contributed by atoms with Gasteiger partial charge in [-0.1, -0.05) is 0 Å². The number of esters is 1. The van der Waals surface area contributed by atoms with Gasteiger partial charge >= 0.3 is 12.0 Å². The maximum atomic E-state index is 12.2. The molecule has 9 nitrogen and oxygen atoms in total. The van der Waals surface area contributed by atoms with Gasteiger partial charge in [-0.25, -0.2) is 4.79 Å². The zero-order valence-electron chi connectivity index (χ0n) is 18.6. The fraction of sp³-hybridized carbons (Fsp3) is 0.591. The Balaban J connectivity index is 1.47. The number of benzene rings is 1. The minimum absolute atomic E-state index is 0.143. The third-order valence-electron chi connectivity index (χ3n) is 5.67. The number of amides is 3. The second-order valence-corrected chi connectivity index (χ2v) is 9.34. The predicted octanol–water partition coefficient (Wildman–Crippen LogP) is 1.67. The van der Waals surface area contributed by atoms with Crippen molar-refractivity contribution in [3.8, 4) is 5.75 Å². The molecule has 168 valence electrons. The second kappa shape index (κ2) is 8.03. The molecule has 9 heteroatoms. The van der Waals surface area contributed by atoms with E-state index < -0.39 is 11.6 Å². The van der Waals surface area contributed by atoms with Crippen LogP contribution < -0.4 is 19.9 Å². The van der Waals surface area contributed by atoms with Crippen molar-refractivity contribution in [2.24, 2.45) is 0 Å². The summed E-state index contributed by atoms with van der Waals surface area (Å²) in [4.78, 5) is 41.9. The number of fused-ring (bicyclic) bond motifs is 3. The lowest BCUT2D eigenvalue weighted by atomic mass is 10.0. The molecule has 0 saturated carbocycles. The Labute approximate surface area is 182 Å². The van der Waals surface area contributed by atoms with E-state index in [1.165, 1.54) is 0 Å². The van der Waals surface area contributed by atoms with Gasteiger partial charge in [0.05, 0.1) is 18.3 Å². The molecule has 1 N–H and O–H groups in total. The van der Waals surface area contributed by atoms with Crippen molar-refractivity contribution in [3.63, 3.8) is 0 Å².